The Bertz CT molecular complexity index is 2920. The molecule has 12 rings (SSSR count). The van der Waals surface area contributed by atoms with E-state index >= 15 is 0 Å². The highest BCUT2D eigenvalue weighted by Gasteiger charge is 2.28. The summed E-state index contributed by atoms with van der Waals surface area (Å²) in [6.07, 6.45) is 4.91. The van der Waals surface area contributed by atoms with Gasteiger partial charge in [-0.25, -0.2) is 8.78 Å². The van der Waals surface area contributed by atoms with Crippen LogP contribution in [0.1, 0.15) is 183 Å². The average molecular weight is 1120 g/mol. The zero-order valence-corrected chi connectivity index (χ0v) is 49.4. The number of oxime groups is 6. The van der Waals surface area contributed by atoms with E-state index in [1.807, 2.05) is 123 Å². The zero-order valence-electron chi connectivity index (χ0n) is 48.6. The molecule has 0 saturated heterocycles. The van der Waals surface area contributed by atoms with Crippen molar-refractivity contribution in [3.8, 4) is 0 Å². The molecule has 0 spiro atoms. The largest absolute Gasteiger partial charge is 0.387 e. The average Bonchev–Trinajstić information content (AvgIpc) is 4.36. The van der Waals surface area contributed by atoms with Crippen molar-refractivity contribution >= 4 is 45.9 Å². The molecule has 81 heavy (non-hydrogen) atoms. The van der Waals surface area contributed by atoms with Crippen molar-refractivity contribution in [1.82, 2.24) is 0 Å². The maximum Gasteiger partial charge on any atom is 0.160 e. The summed E-state index contributed by atoms with van der Waals surface area (Å²) in [5.74, 6) is -0.417. The molecule has 0 aliphatic carbocycles. The minimum absolute atomic E-state index is 0.00343. The first kappa shape index (κ1) is 60.9. The van der Waals surface area contributed by atoms with Gasteiger partial charge >= 0.3 is 0 Å². The highest BCUT2D eigenvalue weighted by molar-refractivity contribution is 6.31. The van der Waals surface area contributed by atoms with Gasteiger partial charge in [-0.05, 0) is 146 Å². The lowest BCUT2D eigenvalue weighted by Crippen LogP contribution is -2.03. The number of hydrogen-bond donors (Lipinski definition) is 0. The number of benzene rings is 6. The predicted molar refractivity (Wildman–Crippen MR) is 321 cm³/mol. The first-order chi connectivity index (χ1) is 38.9. The van der Waals surface area contributed by atoms with Gasteiger partial charge in [-0.1, -0.05) is 152 Å². The van der Waals surface area contributed by atoms with Crippen LogP contribution in [0.5, 0.6) is 0 Å². The van der Waals surface area contributed by atoms with E-state index in [0.29, 0.717) is 24.0 Å². The Hall–Kier alpha value is -7.71. The molecule has 5 unspecified atom stereocenters. The molecule has 6 atom stereocenters. The Morgan fingerprint density at radius 1 is 0.309 bits per heavy atom. The number of halogens is 3. The molecule has 15 heteroatoms. The Labute approximate surface area is 481 Å². The van der Waals surface area contributed by atoms with Crippen LogP contribution in [-0.4, -0.2) is 34.3 Å². The summed E-state index contributed by atoms with van der Waals surface area (Å²) in [4.78, 5) is 31.6. The van der Waals surface area contributed by atoms with Crippen LogP contribution >= 0.6 is 11.6 Å². The van der Waals surface area contributed by atoms with Crippen LogP contribution in [0, 0.1) is 53.2 Å². The molecule has 0 saturated carbocycles. The van der Waals surface area contributed by atoms with E-state index in [1.54, 1.807) is 12.1 Å². The molecule has 6 heterocycles. The minimum Gasteiger partial charge on any atom is -0.387 e. The maximum atomic E-state index is 13.5. The van der Waals surface area contributed by atoms with Crippen LogP contribution < -0.4 is 0 Å². The number of nitrogens with zero attached hydrogens (tertiary/aromatic N) is 6. The molecule has 6 aromatic rings. The van der Waals surface area contributed by atoms with Gasteiger partial charge in [0.25, 0.3) is 0 Å². The molecular weight excluding hydrogens is 1050 g/mol. The van der Waals surface area contributed by atoms with Crippen LogP contribution in [0.15, 0.2) is 158 Å². The summed E-state index contributed by atoms with van der Waals surface area (Å²) in [6.45, 7) is 23.9. The molecule has 0 aromatic heterocycles. The van der Waals surface area contributed by atoms with Crippen LogP contribution in [-0.2, 0) is 29.0 Å². The lowest BCUT2D eigenvalue weighted by molar-refractivity contribution is 0.0823. The normalized spacial score (nSPS) is 20.8. The Balaban J connectivity index is 0.000000140. The first-order valence-corrected chi connectivity index (χ1v) is 27.8. The van der Waals surface area contributed by atoms with Crippen molar-refractivity contribution in [2.24, 2.45) is 30.9 Å². The Morgan fingerprint density at radius 2 is 0.605 bits per heavy atom. The van der Waals surface area contributed by atoms with E-state index in [-0.39, 0.29) is 48.3 Å². The molecule has 6 aromatic carbocycles. The van der Waals surface area contributed by atoms with Gasteiger partial charge in [0.2, 0.25) is 0 Å². The smallest absolute Gasteiger partial charge is 0.160 e. The van der Waals surface area contributed by atoms with Gasteiger partial charge in [0, 0.05) is 65.8 Å². The number of rotatable bonds is 6. The van der Waals surface area contributed by atoms with Crippen molar-refractivity contribution < 1.29 is 37.8 Å². The Morgan fingerprint density at radius 3 is 0.975 bits per heavy atom. The van der Waals surface area contributed by atoms with E-state index in [0.717, 1.165) is 87.2 Å². The SMILES string of the molecule is CC1=NOC(c2c(C)cccc2C)C1.CC1=NOC(c2c(C)cccc2Cl)C1.CC1=NOC(c2c(C)cccc2F)C1.CC1=NOC(c2c(C)cccc2F)C1.CC1=NOC(c2ccccc2)C1.CC1=NO[C@@H](c2ccccc2C)C1. The lowest BCUT2D eigenvalue weighted by atomic mass is 9.95. The number of hydrogen-bond acceptors (Lipinski definition) is 12. The maximum absolute atomic E-state index is 13.5. The monoisotopic (exact) mass is 1120 g/mol. The molecular formula is C66H75ClF2N6O6. The van der Waals surface area contributed by atoms with Gasteiger partial charge in [0.1, 0.15) is 11.6 Å². The summed E-state index contributed by atoms with van der Waals surface area (Å²) in [5, 5.41) is 24.2. The molecule has 0 N–H and O–H groups in total. The molecule has 0 amide bonds. The fraction of sp³-hybridized carbons (Fsp3) is 0.364. The highest BCUT2D eigenvalue weighted by Crippen LogP contribution is 2.36. The van der Waals surface area contributed by atoms with E-state index in [4.69, 9.17) is 40.6 Å². The van der Waals surface area contributed by atoms with E-state index in [2.05, 4.69) is 94.2 Å². The minimum atomic E-state index is -0.240. The van der Waals surface area contributed by atoms with Crippen molar-refractivity contribution in [1.29, 1.82) is 0 Å². The van der Waals surface area contributed by atoms with Crippen LogP contribution in [0.2, 0.25) is 5.02 Å². The third kappa shape index (κ3) is 16.9. The van der Waals surface area contributed by atoms with E-state index in [9.17, 15) is 8.78 Å². The number of aryl methyl sites for hydroxylation is 6. The molecule has 12 nitrogen and oxygen atoms in total. The summed E-state index contributed by atoms with van der Waals surface area (Å²) >= 11 is 6.13. The zero-order chi connectivity index (χ0) is 58.2. The molecule has 0 bridgehead atoms. The van der Waals surface area contributed by atoms with E-state index < -0.39 is 0 Å². The van der Waals surface area contributed by atoms with Gasteiger partial charge in [-0.15, -0.1) is 0 Å². The van der Waals surface area contributed by atoms with Crippen molar-refractivity contribution in [3.63, 3.8) is 0 Å². The Kier molecular flexibility index (Phi) is 21.9. The second-order valence-corrected chi connectivity index (χ2v) is 21.6. The predicted octanol–water partition coefficient (Wildman–Crippen LogP) is 17.9. The first-order valence-electron chi connectivity index (χ1n) is 27.4. The fourth-order valence-electron chi connectivity index (χ4n) is 10.1. The molecule has 6 aliphatic heterocycles. The van der Waals surface area contributed by atoms with Gasteiger partial charge in [0.05, 0.1) is 34.3 Å². The van der Waals surface area contributed by atoms with Gasteiger partial charge in [-0.2, -0.15) is 0 Å². The van der Waals surface area contributed by atoms with Crippen molar-refractivity contribution in [2.45, 2.75) is 158 Å². The topological polar surface area (TPSA) is 130 Å². The third-order valence-electron chi connectivity index (χ3n) is 14.2. The van der Waals surface area contributed by atoms with Crippen LogP contribution in [0.4, 0.5) is 8.78 Å². The van der Waals surface area contributed by atoms with Gasteiger partial charge in [-0.3, -0.25) is 0 Å². The lowest BCUT2D eigenvalue weighted by Gasteiger charge is -2.14. The van der Waals surface area contributed by atoms with Gasteiger partial charge < -0.3 is 29.0 Å². The fourth-order valence-corrected chi connectivity index (χ4v) is 10.4. The standard InChI is InChI=1S/C12H15NO.C11H12ClNO.2C11H12FNO.C11H13NO.C10H11NO/c1-8-5-4-6-9(2)12(8)11-7-10(3)13-14-11;3*1-7-4-3-5-9(12)11(7)10-6-8(2)13-14-10;1-8-5-3-4-6-10(8)11-7-9(2)12-13-11;1-8-7-10(12-11-8)9-5-3-2-4-6-9/h4-6,11H,7H2,1-3H3;3*3-5,10H,6H2,1-2H3;3-6,11H,7H2,1-2H3;2-6,10H,7H2,1H3/t;;;;11-;/m....1./s1. The molecule has 426 valence electrons. The molecule has 0 fully saturated rings. The summed E-state index contributed by atoms with van der Waals surface area (Å²) < 4.78 is 27.0. The molecule has 0 radical (unpaired) electrons. The highest BCUT2D eigenvalue weighted by atomic mass is 35.5. The quantitative estimate of drug-likeness (QED) is 0.163. The second kappa shape index (κ2) is 29.1. The summed E-state index contributed by atoms with van der Waals surface area (Å²) in [7, 11) is 0. The second-order valence-electron chi connectivity index (χ2n) is 21.2. The molecule has 6 aliphatic rings. The van der Waals surface area contributed by atoms with Crippen LogP contribution in [0.25, 0.3) is 0 Å². The van der Waals surface area contributed by atoms with E-state index in [1.165, 1.54) is 45.5 Å². The van der Waals surface area contributed by atoms with Crippen molar-refractivity contribution in [3.05, 3.63) is 211 Å². The third-order valence-corrected chi connectivity index (χ3v) is 14.6. The summed E-state index contributed by atoms with van der Waals surface area (Å²) in [5.41, 5.74) is 19.0. The van der Waals surface area contributed by atoms with Crippen molar-refractivity contribution in [2.75, 3.05) is 0 Å². The summed E-state index contributed by atoms with van der Waals surface area (Å²) in [6, 6.07) is 40.8. The van der Waals surface area contributed by atoms with Gasteiger partial charge in [0.15, 0.2) is 36.6 Å². The van der Waals surface area contributed by atoms with Crippen LogP contribution in [0.3, 0.4) is 0 Å².